The van der Waals surface area contributed by atoms with E-state index in [-0.39, 0.29) is 11.6 Å². The Morgan fingerprint density at radius 1 is 1.11 bits per heavy atom. The summed E-state index contributed by atoms with van der Waals surface area (Å²) in [5, 5.41) is 11.3. The fourth-order valence-electron chi connectivity index (χ4n) is 3.09. The van der Waals surface area contributed by atoms with E-state index in [1.54, 1.807) is 6.08 Å². The lowest BCUT2D eigenvalue weighted by Gasteiger charge is -2.34. The van der Waals surface area contributed by atoms with Gasteiger partial charge in [0.15, 0.2) is 0 Å². The number of carbonyl (C=O) groups excluding carboxylic acids is 1. The second kappa shape index (κ2) is 8.11. The van der Waals surface area contributed by atoms with E-state index in [0.29, 0.717) is 38.0 Å². The van der Waals surface area contributed by atoms with E-state index in [1.807, 2.05) is 63.7 Å². The maximum Gasteiger partial charge on any atom is 0.264 e. The van der Waals surface area contributed by atoms with Gasteiger partial charge in [-0.25, -0.2) is 0 Å². The molecule has 7 heteroatoms. The molecule has 0 spiro atoms. The third-order valence-corrected chi connectivity index (χ3v) is 5.39. The predicted molar refractivity (Wildman–Crippen MR) is 109 cm³/mol. The summed E-state index contributed by atoms with van der Waals surface area (Å²) in [5.41, 5.74) is 1.30. The summed E-state index contributed by atoms with van der Waals surface area (Å²) in [6, 6.07) is 15.7. The molecule has 3 heterocycles. The molecule has 6 nitrogen and oxygen atoms in total. The highest BCUT2D eigenvalue weighted by molar-refractivity contribution is 7.12. The van der Waals surface area contributed by atoms with Crippen molar-refractivity contribution in [2.45, 2.75) is 0 Å². The molecule has 0 atom stereocenters. The van der Waals surface area contributed by atoms with Crippen LogP contribution >= 0.6 is 11.3 Å². The molecule has 0 N–H and O–H groups in total. The molecule has 1 aromatic carbocycles. The summed E-state index contributed by atoms with van der Waals surface area (Å²) < 4.78 is 5.84. The number of oxazole rings is 1. The molecule has 1 aliphatic rings. The molecule has 3 aromatic rings. The normalized spacial score (nSPS) is 14.4. The van der Waals surface area contributed by atoms with Crippen LogP contribution in [0.3, 0.4) is 0 Å². The molecule has 0 aliphatic carbocycles. The van der Waals surface area contributed by atoms with Gasteiger partial charge in [-0.1, -0.05) is 36.4 Å². The lowest BCUT2D eigenvalue weighted by molar-refractivity contribution is 0.0750. The van der Waals surface area contributed by atoms with Crippen LogP contribution in [0.5, 0.6) is 0 Å². The van der Waals surface area contributed by atoms with Crippen LogP contribution in [0, 0.1) is 11.3 Å². The average molecular weight is 390 g/mol. The summed E-state index contributed by atoms with van der Waals surface area (Å²) in [6.07, 6.45) is 3.66. The smallest absolute Gasteiger partial charge is 0.264 e. The topological polar surface area (TPSA) is 73.4 Å². The van der Waals surface area contributed by atoms with Crippen LogP contribution < -0.4 is 4.90 Å². The van der Waals surface area contributed by atoms with Crippen LogP contribution in [0.2, 0.25) is 0 Å². The van der Waals surface area contributed by atoms with Gasteiger partial charge in [0.05, 0.1) is 4.88 Å². The van der Waals surface area contributed by atoms with Crippen molar-refractivity contribution in [2.75, 3.05) is 31.1 Å². The Bertz CT molecular complexity index is 1010. The van der Waals surface area contributed by atoms with Gasteiger partial charge in [0, 0.05) is 32.3 Å². The highest BCUT2D eigenvalue weighted by Crippen LogP contribution is 2.25. The first-order valence-electron chi connectivity index (χ1n) is 8.96. The predicted octanol–water partition coefficient (Wildman–Crippen LogP) is 3.74. The van der Waals surface area contributed by atoms with Gasteiger partial charge < -0.3 is 14.2 Å². The molecule has 4 rings (SSSR count). The Labute approximate surface area is 166 Å². The summed E-state index contributed by atoms with van der Waals surface area (Å²) >= 11 is 1.45. The van der Waals surface area contributed by atoms with Crippen LogP contribution in [0.4, 0.5) is 5.88 Å². The van der Waals surface area contributed by atoms with E-state index >= 15 is 0 Å². The molecule has 28 heavy (non-hydrogen) atoms. The monoisotopic (exact) mass is 390 g/mol. The summed E-state index contributed by atoms with van der Waals surface area (Å²) in [7, 11) is 0. The quantitative estimate of drug-likeness (QED) is 0.678. The van der Waals surface area contributed by atoms with E-state index in [4.69, 9.17) is 4.42 Å². The van der Waals surface area contributed by atoms with Gasteiger partial charge in [0.1, 0.15) is 6.07 Å². The zero-order valence-electron chi connectivity index (χ0n) is 15.1. The first kappa shape index (κ1) is 18.0. The van der Waals surface area contributed by atoms with Crippen molar-refractivity contribution in [3.63, 3.8) is 0 Å². The zero-order valence-corrected chi connectivity index (χ0v) is 15.9. The number of carbonyl (C=O) groups is 1. The largest absolute Gasteiger partial charge is 0.420 e. The van der Waals surface area contributed by atoms with Crippen molar-refractivity contribution in [3.8, 4) is 6.07 Å². The Balaban J connectivity index is 1.45. The van der Waals surface area contributed by atoms with Crippen molar-refractivity contribution < 1.29 is 9.21 Å². The number of hydrogen-bond acceptors (Lipinski definition) is 6. The number of amides is 1. The molecule has 0 radical (unpaired) electrons. The molecule has 2 aromatic heterocycles. The SMILES string of the molecule is N#Cc1nc(/C=C/c2ccccc2)oc1N1CCN(C(=O)c2cccs2)CC1. The van der Waals surface area contributed by atoms with Gasteiger partial charge in [-0.3, -0.25) is 4.79 Å². The van der Waals surface area contributed by atoms with Crippen molar-refractivity contribution >= 4 is 35.3 Å². The van der Waals surface area contributed by atoms with Crippen molar-refractivity contribution in [2.24, 2.45) is 0 Å². The van der Waals surface area contributed by atoms with E-state index < -0.39 is 0 Å². The van der Waals surface area contributed by atoms with Crippen molar-refractivity contribution in [3.05, 3.63) is 69.9 Å². The first-order chi connectivity index (χ1) is 13.7. The minimum absolute atomic E-state index is 0.0548. The Kier molecular flexibility index (Phi) is 5.22. The van der Waals surface area contributed by atoms with Gasteiger partial charge in [-0.05, 0) is 23.1 Å². The van der Waals surface area contributed by atoms with Gasteiger partial charge in [0.25, 0.3) is 5.91 Å². The van der Waals surface area contributed by atoms with Crippen LogP contribution in [-0.2, 0) is 0 Å². The zero-order chi connectivity index (χ0) is 19.3. The van der Waals surface area contributed by atoms with E-state index in [9.17, 15) is 10.1 Å². The fourth-order valence-corrected chi connectivity index (χ4v) is 3.78. The van der Waals surface area contributed by atoms with Crippen molar-refractivity contribution in [1.29, 1.82) is 5.26 Å². The average Bonchev–Trinajstić information content (AvgIpc) is 3.43. The maximum atomic E-state index is 12.5. The summed E-state index contributed by atoms with van der Waals surface area (Å²) in [5.74, 6) is 0.921. The lowest BCUT2D eigenvalue weighted by atomic mass is 10.2. The number of nitrogens with zero attached hydrogens (tertiary/aromatic N) is 4. The van der Waals surface area contributed by atoms with Gasteiger partial charge in [0.2, 0.25) is 17.5 Å². The van der Waals surface area contributed by atoms with E-state index in [1.165, 1.54) is 11.3 Å². The number of aromatic nitrogens is 1. The molecule has 0 bridgehead atoms. The van der Waals surface area contributed by atoms with E-state index in [0.717, 1.165) is 10.4 Å². The number of rotatable bonds is 4. The fraction of sp³-hybridized carbons (Fsp3) is 0.190. The Morgan fingerprint density at radius 3 is 2.57 bits per heavy atom. The van der Waals surface area contributed by atoms with Gasteiger partial charge in [-0.2, -0.15) is 10.2 Å². The number of piperazine rings is 1. The number of nitriles is 1. The second-order valence-corrected chi connectivity index (χ2v) is 7.27. The summed E-state index contributed by atoms with van der Waals surface area (Å²) in [4.78, 5) is 21.3. The third kappa shape index (κ3) is 3.82. The summed E-state index contributed by atoms with van der Waals surface area (Å²) in [6.45, 7) is 2.36. The van der Waals surface area contributed by atoms with Gasteiger partial charge in [-0.15, -0.1) is 11.3 Å². The molecule has 1 fully saturated rings. The van der Waals surface area contributed by atoms with Crippen molar-refractivity contribution in [1.82, 2.24) is 9.88 Å². The molecule has 0 unspecified atom stereocenters. The Hall–Kier alpha value is -3.37. The van der Waals surface area contributed by atoms with Crippen LogP contribution in [-0.4, -0.2) is 42.0 Å². The molecule has 140 valence electrons. The highest BCUT2D eigenvalue weighted by atomic mass is 32.1. The minimum atomic E-state index is 0.0548. The minimum Gasteiger partial charge on any atom is -0.420 e. The molecule has 0 saturated carbocycles. The second-order valence-electron chi connectivity index (χ2n) is 6.32. The van der Waals surface area contributed by atoms with Crippen LogP contribution in [0.25, 0.3) is 12.2 Å². The third-order valence-electron chi connectivity index (χ3n) is 4.54. The Morgan fingerprint density at radius 2 is 1.89 bits per heavy atom. The maximum absolute atomic E-state index is 12.5. The molecule has 1 amide bonds. The highest BCUT2D eigenvalue weighted by Gasteiger charge is 2.26. The van der Waals surface area contributed by atoms with E-state index in [2.05, 4.69) is 11.1 Å². The number of anilines is 1. The van der Waals surface area contributed by atoms with Crippen LogP contribution in [0.1, 0.15) is 26.8 Å². The molecule has 1 aliphatic heterocycles. The van der Waals surface area contributed by atoms with Crippen LogP contribution in [0.15, 0.2) is 52.3 Å². The van der Waals surface area contributed by atoms with Gasteiger partial charge >= 0.3 is 0 Å². The number of benzene rings is 1. The molecule has 1 saturated heterocycles. The lowest BCUT2D eigenvalue weighted by Crippen LogP contribution is -2.48. The molecular formula is C21H18N4O2S. The number of thiophene rings is 1. The molecular weight excluding hydrogens is 372 g/mol. The first-order valence-corrected chi connectivity index (χ1v) is 9.84. The number of hydrogen-bond donors (Lipinski definition) is 0. The standard InChI is InChI=1S/C21H18N4O2S/c22-15-17-21(27-19(23-17)9-8-16-5-2-1-3-6-16)25-12-10-24(11-13-25)20(26)18-7-4-14-28-18/h1-9,14H,10-13H2/b9-8+.